The van der Waals surface area contributed by atoms with Gasteiger partial charge >= 0.3 is 0 Å². The van der Waals surface area contributed by atoms with E-state index in [1.807, 2.05) is 0 Å². The monoisotopic (exact) mass is 355 g/mol. The molecule has 1 aliphatic heterocycles. The SMILES string of the molecule is O=C(c1ccc(Cl)c(Cl)c1)N1CCc2c([nH]c(=S)[nH]c2=O)C1. The Morgan fingerprint density at radius 2 is 2.00 bits per heavy atom. The summed E-state index contributed by atoms with van der Waals surface area (Å²) in [6, 6.07) is 4.76. The van der Waals surface area contributed by atoms with Gasteiger partial charge in [-0.3, -0.25) is 14.6 Å². The molecule has 0 saturated heterocycles. The maximum Gasteiger partial charge on any atom is 0.255 e. The van der Waals surface area contributed by atoms with Gasteiger partial charge in [0.05, 0.1) is 16.6 Å². The van der Waals surface area contributed by atoms with E-state index < -0.39 is 0 Å². The zero-order valence-corrected chi connectivity index (χ0v) is 13.6. The van der Waals surface area contributed by atoms with E-state index in [1.165, 1.54) is 0 Å². The smallest absolute Gasteiger partial charge is 0.255 e. The van der Waals surface area contributed by atoms with Crippen molar-refractivity contribution < 1.29 is 4.79 Å². The molecule has 0 fully saturated rings. The van der Waals surface area contributed by atoms with Crippen LogP contribution in [0, 0.1) is 4.77 Å². The first kappa shape index (κ1) is 15.3. The molecular formula is C14H11Cl2N3O2S. The maximum absolute atomic E-state index is 12.5. The van der Waals surface area contributed by atoms with Crippen LogP contribution in [-0.2, 0) is 13.0 Å². The predicted molar refractivity (Wildman–Crippen MR) is 87.2 cm³/mol. The van der Waals surface area contributed by atoms with E-state index in [4.69, 9.17) is 35.4 Å². The van der Waals surface area contributed by atoms with Gasteiger partial charge in [-0.2, -0.15) is 0 Å². The fraction of sp³-hybridized carbons (Fsp3) is 0.214. The number of nitrogens with zero attached hydrogens (tertiary/aromatic N) is 1. The van der Waals surface area contributed by atoms with Crippen molar-refractivity contribution in [2.45, 2.75) is 13.0 Å². The highest BCUT2D eigenvalue weighted by Crippen LogP contribution is 2.24. The molecule has 0 unspecified atom stereocenters. The summed E-state index contributed by atoms with van der Waals surface area (Å²) in [5, 5.41) is 0.735. The van der Waals surface area contributed by atoms with Crippen LogP contribution >= 0.6 is 35.4 Å². The molecule has 1 aromatic carbocycles. The average Bonchev–Trinajstić information content (AvgIpc) is 2.48. The molecule has 114 valence electrons. The topological polar surface area (TPSA) is 69.0 Å². The van der Waals surface area contributed by atoms with E-state index in [0.717, 1.165) is 0 Å². The van der Waals surface area contributed by atoms with Crippen LogP contribution in [0.15, 0.2) is 23.0 Å². The summed E-state index contributed by atoms with van der Waals surface area (Å²) in [7, 11) is 0. The largest absolute Gasteiger partial charge is 0.334 e. The molecule has 22 heavy (non-hydrogen) atoms. The van der Waals surface area contributed by atoms with Crippen LogP contribution in [-0.4, -0.2) is 27.3 Å². The summed E-state index contributed by atoms with van der Waals surface area (Å²) in [5.74, 6) is -0.163. The molecular weight excluding hydrogens is 345 g/mol. The second-order valence-corrected chi connectivity index (χ2v) is 6.19. The molecule has 0 saturated carbocycles. The van der Waals surface area contributed by atoms with Gasteiger partial charge < -0.3 is 9.88 Å². The molecule has 2 aromatic rings. The molecule has 3 rings (SSSR count). The van der Waals surface area contributed by atoms with Gasteiger partial charge in [0, 0.05) is 23.4 Å². The standard InChI is InChI=1S/C14H11Cl2N3O2S/c15-9-2-1-7(5-10(9)16)13(21)19-4-3-8-11(6-19)17-14(22)18-12(8)20/h1-2,5H,3-4,6H2,(H2,17,18,20,22). The minimum Gasteiger partial charge on any atom is -0.334 e. The fourth-order valence-corrected chi connectivity index (χ4v) is 2.97. The van der Waals surface area contributed by atoms with Gasteiger partial charge in [0.1, 0.15) is 0 Å². The number of carbonyl (C=O) groups is 1. The third kappa shape index (κ3) is 2.82. The Kier molecular flexibility index (Phi) is 4.08. The Bertz CT molecular complexity index is 875. The molecule has 2 N–H and O–H groups in total. The van der Waals surface area contributed by atoms with E-state index in [1.54, 1.807) is 23.1 Å². The molecule has 1 aromatic heterocycles. The normalized spacial score (nSPS) is 13.8. The van der Waals surface area contributed by atoms with E-state index in [-0.39, 0.29) is 16.2 Å². The van der Waals surface area contributed by atoms with Crippen molar-refractivity contribution in [1.29, 1.82) is 0 Å². The van der Waals surface area contributed by atoms with E-state index >= 15 is 0 Å². The van der Waals surface area contributed by atoms with Crippen LogP contribution in [0.1, 0.15) is 21.6 Å². The Balaban J connectivity index is 1.91. The van der Waals surface area contributed by atoms with E-state index in [2.05, 4.69) is 9.97 Å². The second kappa shape index (κ2) is 5.87. The quantitative estimate of drug-likeness (QED) is 0.772. The number of hydrogen-bond donors (Lipinski definition) is 2. The molecule has 0 radical (unpaired) electrons. The van der Waals surface area contributed by atoms with Gasteiger partial charge in [0.25, 0.3) is 11.5 Å². The first-order chi connectivity index (χ1) is 10.5. The highest BCUT2D eigenvalue weighted by Gasteiger charge is 2.24. The molecule has 5 nitrogen and oxygen atoms in total. The molecule has 8 heteroatoms. The summed E-state index contributed by atoms with van der Waals surface area (Å²) < 4.78 is 0.257. The second-order valence-electron chi connectivity index (χ2n) is 4.97. The number of H-pyrrole nitrogens is 2. The zero-order chi connectivity index (χ0) is 15.9. The molecule has 0 atom stereocenters. The lowest BCUT2D eigenvalue weighted by molar-refractivity contribution is 0.0731. The number of halogens is 2. The Morgan fingerprint density at radius 1 is 1.23 bits per heavy atom. The van der Waals surface area contributed by atoms with Crippen molar-refractivity contribution in [3.63, 3.8) is 0 Å². The number of aromatic amines is 2. The van der Waals surface area contributed by atoms with Crippen LogP contribution < -0.4 is 5.56 Å². The van der Waals surface area contributed by atoms with Crippen LogP contribution in [0.5, 0.6) is 0 Å². The Labute approximate surface area is 140 Å². The van der Waals surface area contributed by atoms with Crippen LogP contribution in [0.2, 0.25) is 10.0 Å². The van der Waals surface area contributed by atoms with Crippen molar-refractivity contribution in [3.8, 4) is 0 Å². The van der Waals surface area contributed by atoms with Crippen LogP contribution in [0.4, 0.5) is 0 Å². The fourth-order valence-electron chi connectivity index (χ4n) is 2.46. The van der Waals surface area contributed by atoms with Gasteiger partial charge in [-0.15, -0.1) is 0 Å². The number of amides is 1. The third-order valence-corrected chi connectivity index (χ3v) is 4.51. The van der Waals surface area contributed by atoms with Gasteiger partial charge in [-0.1, -0.05) is 23.2 Å². The van der Waals surface area contributed by atoms with Gasteiger partial charge in [0.15, 0.2) is 4.77 Å². The number of benzene rings is 1. The maximum atomic E-state index is 12.5. The third-order valence-electron chi connectivity index (χ3n) is 3.56. The van der Waals surface area contributed by atoms with Crippen molar-refractivity contribution >= 4 is 41.3 Å². The molecule has 2 heterocycles. The number of rotatable bonds is 1. The Hall–Kier alpha value is -1.63. The zero-order valence-electron chi connectivity index (χ0n) is 11.3. The van der Waals surface area contributed by atoms with Crippen LogP contribution in [0.25, 0.3) is 0 Å². The predicted octanol–water partition coefficient (Wildman–Crippen LogP) is 2.94. The Morgan fingerprint density at radius 3 is 2.73 bits per heavy atom. The number of nitrogens with one attached hydrogen (secondary N) is 2. The number of fused-ring (bicyclic) bond motifs is 1. The van der Waals surface area contributed by atoms with Crippen molar-refractivity contribution in [3.05, 3.63) is 60.2 Å². The summed E-state index contributed by atoms with van der Waals surface area (Å²) >= 11 is 16.8. The minimum atomic E-state index is -0.194. The molecule has 1 aliphatic rings. The average molecular weight is 356 g/mol. The molecule has 1 amide bonds. The molecule has 0 aliphatic carbocycles. The summed E-state index contributed by atoms with van der Waals surface area (Å²) in [6.07, 6.45) is 0.476. The van der Waals surface area contributed by atoms with Gasteiger partial charge in [-0.25, -0.2) is 0 Å². The molecule has 0 spiro atoms. The highest BCUT2D eigenvalue weighted by molar-refractivity contribution is 7.71. The number of carbonyl (C=O) groups excluding carboxylic acids is 1. The lowest BCUT2D eigenvalue weighted by Crippen LogP contribution is -2.39. The summed E-state index contributed by atoms with van der Waals surface area (Å²) in [5.41, 5.74) is 1.59. The molecule has 0 bridgehead atoms. The van der Waals surface area contributed by atoms with Crippen molar-refractivity contribution in [1.82, 2.24) is 14.9 Å². The minimum absolute atomic E-state index is 0.163. The summed E-state index contributed by atoms with van der Waals surface area (Å²) in [4.78, 5) is 31.5. The van der Waals surface area contributed by atoms with Crippen LogP contribution in [0.3, 0.4) is 0 Å². The highest BCUT2D eigenvalue weighted by atomic mass is 35.5. The summed E-state index contributed by atoms with van der Waals surface area (Å²) in [6.45, 7) is 0.766. The first-order valence-corrected chi connectivity index (χ1v) is 7.71. The van der Waals surface area contributed by atoms with Gasteiger partial charge in [-0.05, 0) is 36.8 Å². The van der Waals surface area contributed by atoms with E-state index in [9.17, 15) is 9.59 Å². The van der Waals surface area contributed by atoms with E-state index in [0.29, 0.717) is 46.4 Å². The first-order valence-electron chi connectivity index (χ1n) is 6.54. The number of aromatic nitrogens is 2. The lowest BCUT2D eigenvalue weighted by Gasteiger charge is -2.28. The van der Waals surface area contributed by atoms with Gasteiger partial charge in [0.2, 0.25) is 0 Å². The lowest BCUT2D eigenvalue weighted by atomic mass is 10.1. The number of hydrogen-bond acceptors (Lipinski definition) is 3. The van der Waals surface area contributed by atoms with Crippen molar-refractivity contribution in [2.75, 3.05) is 6.54 Å². The van der Waals surface area contributed by atoms with Crippen molar-refractivity contribution in [2.24, 2.45) is 0 Å².